The molecule has 1 aliphatic rings. The van der Waals surface area contributed by atoms with Crippen LogP contribution in [-0.2, 0) is 7.05 Å². The normalized spacial score (nSPS) is 17.5. The van der Waals surface area contributed by atoms with Crippen LogP contribution in [0.3, 0.4) is 0 Å². The molecular weight excluding hydrogens is 294 g/mol. The number of likely N-dealkylation sites (tertiary alicyclic amines) is 1. The topological polar surface area (TPSA) is 68.4 Å². The van der Waals surface area contributed by atoms with Gasteiger partial charge in [-0.25, -0.2) is 0 Å². The van der Waals surface area contributed by atoms with E-state index in [-0.39, 0.29) is 17.6 Å². The van der Waals surface area contributed by atoms with Crippen molar-refractivity contribution >= 4 is 11.6 Å². The number of carbonyl (C=O) groups excluding carboxylic acids is 1. The molecule has 0 unspecified atom stereocenters. The van der Waals surface area contributed by atoms with E-state index in [1.807, 2.05) is 41.8 Å². The van der Waals surface area contributed by atoms with Gasteiger partial charge in [0.2, 0.25) is 0 Å². The van der Waals surface area contributed by atoms with Crippen molar-refractivity contribution in [2.24, 2.45) is 7.05 Å². The van der Waals surface area contributed by atoms with Crippen molar-refractivity contribution < 1.29 is 9.72 Å². The molecule has 120 valence electrons. The van der Waals surface area contributed by atoms with Gasteiger partial charge in [0.05, 0.1) is 11.0 Å². The van der Waals surface area contributed by atoms with Gasteiger partial charge in [0.15, 0.2) is 0 Å². The maximum absolute atomic E-state index is 13.0. The lowest BCUT2D eigenvalue weighted by atomic mass is 10.1. The first-order chi connectivity index (χ1) is 11.0. The van der Waals surface area contributed by atoms with Gasteiger partial charge >= 0.3 is 0 Å². The fraction of sp³-hybridized carbons (Fsp3) is 0.353. The van der Waals surface area contributed by atoms with Crippen LogP contribution in [0.5, 0.6) is 0 Å². The van der Waals surface area contributed by atoms with E-state index in [9.17, 15) is 14.9 Å². The molecule has 0 saturated carbocycles. The summed E-state index contributed by atoms with van der Waals surface area (Å²) in [5.74, 6) is -0.130. The van der Waals surface area contributed by atoms with Gasteiger partial charge in [-0.05, 0) is 37.5 Å². The molecule has 2 heterocycles. The second-order valence-corrected chi connectivity index (χ2v) is 5.96. The predicted molar refractivity (Wildman–Crippen MR) is 86.3 cm³/mol. The molecule has 1 amide bonds. The van der Waals surface area contributed by atoms with Crippen molar-refractivity contribution in [3.05, 3.63) is 63.5 Å². The maximum atomic E-state index is 13.0. The summed E-state index contributed by atoms with van der Waals surface area (Å²) in [5.41, 5.74) is 2.23. The number of benzene rings is 1. The molecule has 1 aliphatic heterocycles. The van der Waals surface area contributed by atoms with Gasteiger partial charge in [-0.2, -0.15) is 0 Å². The quantitative estimate of drug-likeness (QED) is 0.645. The standard InChI is InChI=1S/C17H19N3O3/c1-12-7-8-13(20(22)23)11-14(12)17(21)19-10-4-6-16(19)15-5-3-9-18(15)2/h3,5,7-9,11,16H,4,6,10H2,1-2H3/t16-/m1/s1. The molecule has 1 atom stereocenters. The van der Waals surface area contributed by atoms with Crippen molar-refractivity contribution in [1.82, 2.24) is 9.47 Å². The van der Waals surface area contributed by atoms with Gasteiger partial charge in [0, 0.05) is 43.2 Å². The monoisotopic (exact) mass is 313 g/mol. The molecule has 0 bridgehead atoms. The predicted octanol–water partition coefficient (Wildman–Crippen LogP) is 3.22. The van der Waals surface area contributed by atoms with Gasteiger partial charge < -0.3 is 9.47 Å². The number of nitro groups is 1. The van der Waals surface area contributed by atoms with Gasteiger partial charge in [0.1, 0.15) is 0 Å². The number of aryl methyl sites for hydroxylation is 2. The number of aromatic nitrogens is 1. The Balaban J connectivity index is 1.95. The molecule has 0 aliphatic carbocycles. The zero-order chi connectivity index (χ0) is 16.6. The molecule has 1 fully saturated rings. The summed E-state index contributed by atoms with van der Waals surface area (Å²) in [6.45, 7) is 2.49. The number of carbonyl (C=O) groups is 1. The van der Waals surface area contributed by atoms with E-state index in [0.29, 0.717) is 12.1 Å². The minimum Gasteiger partial charge on any atom is -0.353 e. The Hall–Kier alpha value is -2.63. The van der Waals surface area contributed by atoms with Crippen LogP contribution in [0.25, 0.3) is 0 Å². The van der Waals surface area contributed by atoms with Crippen LogP contribution in [0.2, 0.25) is 0 Å². The minimum atomic E-state index is -0.463. The molecule has 6 nitrogen and oxygen atoms in total. The summed E-state index contributed by atoms with van der Waals surface area (Å²) in [5, 5.41) is 11.0. The van der Waals surface area contributed by atoms with E-state index in [0.717, 1.165) is 24.1 Å². The van der Waals surface area contributed by atoms with Crippen LogP contribution in [-0.4, -0.2) is 26.8 Å². The molecule has 0 spiro atoms. The van der Waals surface area contributed by atoms with Gasteiger partial charge in [-0.15, -0.1) is 0 Å². The SMILES string of the molecule is Cc1ccc([N+](=O)[O-])cc1C(=O)N1CCC[C@@H]1c1cccn1C. The highest BCUT2D eigenvalue weighted by atomic mass is 16.6. The Morgan fingerprint density at radius 2 is 2.13 bits per heavy atom. The molecule has 6 heteroatoms. The third-order valence-electron chi connectivity index (χ3n) is 4.50. The number of hydrogen-bond donors (Lipinski definition) is 0. The molecule has 1 aromatic carbocycles. The van der Waals surface area contributed by atoms with Crippen LogP contribution in [0, 0.1) is 17.0 Å². The van der Waals surface area contributed by atoms with Gasteiger partial charge in [-0.1, -0.05) is 6.07 Å². The number of nitro benzene ring substituents is 1. The van der Waals surface area contributed by atoms with Crippen LogP contribution in [0.1, 0.15) is 40.5 Å². The third-order valence-corrected chi connectivity index (χ3v) is 4.50. The van der Waals surface area contributed by atoms with E-state index < -0.39 is 4.92 Å². The van der Waals surface area contributed by atoms with Crippen molar-refractivity contribution in [3.8, 4) is 0 Å². The molecule has 1 saturated heterocycles. The highest BCUT2D eigenvalue weighted by molar-refractivity contribution is 5.96. The van der Waals surface area contributed by atoms with Crippen molar-refractivity contribution in [2.45, 2.75) is 25.8 Å². The lowest BCUT2D eigenvalue weighted by Crippen LogP contribution is -2.32. The Morgan fingerprint density at radius 3 is 2.78 bits per heavy atom. The summed E-state index contributed by atoms with van der Waals surface area (Å²) in [7, 11) is 1.97. The fourth-order valence-corrected chi connectivity index (χ4v) is 3.25. The van der Waals surface area contributed by atoms with Crippen molar-refractivity contribution in [1.29, 1.82) is 0 Å². The summed E-state index contributed by atoms with van der Waals surface area (Å²) in [4.78, 5) is 25.3. The molecule has 1 aromatic heterocycles. The Morgan fingerprint density at radius 1 is 1.35 bits per heavy atom. The van der Waals surface area contributed by atoms with Crippen molar-refractivity contribution in [2.75, 3.05) is 6.54 Å². The van der Waals surface area contributed by atoms with E-state index in [1.54, 1.807) is 6.07 Å². The number of rotatable bonds is 3. The average molecular weight is 313 g/mol. The highest BCUT2D eigenvalue weighted by Crippen LogP contribution is 2.34. The zero-order valence-electron chi connectivity index (χ0n) is 13.2. The van der Waals surface area contributed by atoms with E-state index in [4.69, 9.17) is 0 Å². The zero-order valence-corrected chi connectivity index (χ0v) is 13.2. The Labute approximate surface area is 134 Å². The fourth-order valence-electron chi connectivity index (χ4n) is 3.25. The first kappa shape index (κ1) is 15.3. The van der Waals surface area contributed by atoms with E-state index >= 15 is 0 Å². The van der Waals surface area contributed by atoms with E-state index in [1.165, 1.54) is 12.1 Å². The number of non-ortho nitro benzene ring substituents is 1. The van der Waals surface area contributed by atoms with E-state index in [2.05, 4.69) is 0 Å². The summed E-state index contributed by atoms with van der Waals surface area (Å²) in [6, 6.07) is 8.48. The van der Waals surface area contributed by atoms with Crippen LogP contribution in [0.15, 0.2) is 36.5 Å². The Kier molecular flexibility index (Phi) is 3.90. The molecule has 23 heavy (non-hydrogen) atoms. The number of hydrogen-bond acceptors (Lipinski definition) is 3. The van der Waals surface area contributed by atoms with Gasteiger partial charge in [0.25, 0.3) is 11.6 Å². The number of nitrogens with zero attached hydrogens (tertiary/aromatic N) is 3. The molecule has 2 aromatic rings. The second kappa shape index (κ2) is 5.87. The third kappa shape index (κ3) is 2.72. The lowest BCUT2D eigenvalue weighted by molar-refractivity contribution is -0.384. The molecule has 0 N–H and O–H groups in total. The molecule has 3 rings (SSSR count). The van der Waals surface area contributed by atoms with Gasteiger partial charge in [-0.3, -0.25) is 14.9 Å². The van der Waals surface area contributed by atoms with Crippen LogP contribution in [0.4, 0.5) is 5.69 Å². The first-order valence-corrected chi connectivity index (χ1v) is 7.66. The van der Waals surface area contributed by atoms with Crippen LogP contribution >= 0.6 is 0 Å². The maximum Gasteiger partial charge on any atom is 0.270 e. The van der Waals surface area contributed by atoms with Crippen molar-refractivity contribution in [3.63, 3.8) is 0 Å². The number of amides is 1. The molecule has 0 radical (unpaired) electrons. The largest absolute Gasteiger partial charge is 0.353 e. The summed E-state index contributed by atoms with van der Waals surface area (Å²) in [6.07, 6.45) is 3.82. The highest BCUT2D eigenvalue weighted by Gasteiger charge is 2.32. The summed E-state index contributed by atoms with van der Waals surface area (Å²) < 4.78 is 2.02. The Bertz CT molecular complexity index is 766. The average Bonchev–Trinajstić information content (AvgIpc) is 3.14. The minimum absolute atomic E-state index is 0.0289. The summed E-state index contributed by atoms with van der Waals surface area (Å²) >= 11 is 0. The smallest absolute Gasteiger partial charge is 0.270 e. The lowest BCUT2D eigenvalue weighted by Gasteiger charge is -2.26. The molecular formula is C17H19N3O3. The van der Waals surface area contributed by atoms with Crippen LogP contribution < -0.4 is 0 Å². The first-order valence-electron chi connectivity index (χ1n) is 7.66. The second-order valence-electron chi connectivity index (χ2n) is 5.96.